The number of ether oxygens (including phenoxy) is 1. The Labute approximate surface area is 150 Å². The van der Waals surface area contributed by atoms with Crippen molar-refractivity contribution in [3.05, 3.63) is 23.8 Å². The standard InChI is InChI=1S/C14H18F3N3O2.2ClH/c1-20(2)11-4-3-9(14(15,16)17)7-10(11)19-13(21)12-8-18-5-6-22-12;;/h3-4,7,12,18H,5-6,8H2,1-2H3,(H,19,21);2*1H. The Morgan fingerprint density at radius 3 is 2.50 bits per heavy atom. The highest BCUT2D eigenvalue weighted by Crippen LogP contribution is 2.35. The molecule has 0 aliphatic carbocycles. The highest BCUT2D eigenvalue weighted by Gasteiger charge is 2.32. The Morgan fingerprint density at radius 1 is 1.33 bits per heavy atom. The first-order chi connectivity index (χ1) is 10.3. The van der Waals surface area contributed by atoms with Gasteiger partial charge in [-0.15, -0.1) is 24.8 Å². The van der Waals surface area contributed by atoms with Crippen LogP contribution in [0.2, 0.25) is 0 Å². The van der Waals surface area contributed by atoms with Gasteiger partial charge in [0, 0.05) is 27.2 Å². The smallest absolute Gasteiger partial charge is 0.376 e. The Hall–Kier alpha value is -1.22. The van der Waals surface area contributed by atoms with Gasteiger partial charge in [-0.2, -0.15) is 13.2 Å². The summed E-state index contributed by atoms with van der Waals surface area (Å²) < 4.78 is 43.8. The Bertz CT molecular complexity index is 551. The number of rotatable bonds is 3. The van der Waals surface area contributed by atoms with Crippen molar-refractivity contribution in [2.24, 2.45) is 0 Å². The molecule has 10 heteroatoms. The zero-order valence-electron chi connectivity index (χ0n) is 13.1. The van der Waals surface area contributed by atoms with Crippen molar-refractivity contribution in [3.8, 4) is 0 Å². The molecule has 1 amide bonds. The quantitative estimate of drug-likeness (QED) is 0.833. The van der Waals surface area contributed by atoms with Crippen molar-refractivity contribution in [1.29, 1.82) is 0 Å². The molecule has 24 heavy (non-hydrogen) atoms. The molecule has 1 fully saturated rings. The van der Waals surface area contributed by atoms with Crippen molar-refractivity contribution in [3.63, 3.8) is 0 Å². The lowest BCUT2D eigenvalue weighted by Gasteiger charge is -2.25. The first kappa shape index (κ1) is 22.8. The number of nitrogens with zero attached hydrogens (tertiary/aromatic N) is 1. The number of benzene rings is 1. The molecule has 0 bridgehead atoms. The van der Waals surface area contributed by atoms with E-state index in [4.69, 9.17) is 4.74 Å². The van der Waals surface area contributed by atoms with E-state index in [1.54, 1.807) is 19.0 Å². The van der Waals surface area contributed by atoms with E-state index in [1.807, 2.05) is 0 Å². The van der Waals surface area contributed by atoms with Crippen LogP contribution in [0.15, 0.2) is 18.2 Å². The number of hydrogen-bond donors (Lipinski definition) is 2. The molecule has 2 rings (SSSR count). The molecule has 1 saturated heterocycles. The van der Waals surface area contributed by atoms with E-state index in [2.05, 4.69) is 10.6 Å². The summed E-state index contributed by atoms with van der Waals surface area (Å²) >= 11 is 0. The molecule has 1 aromatic rings. The number of morpholine rings is 1. The number of halogens is 5. The van der Waals surface area contributed by atoms with Crippen LogP contribution in [-0.4, -0.2) is 45.8 Å². The third-order valence-electron chi connectivity index (χ3n) is 3.28. The van der Waals surface area contributed by atoms with Crippen LogP contribution in [0.1, 0.15) is 5.56 Å². The van der Waals surface area contributed by atoms with Crippen LogP contribution in [0.5, 0.6) is 0 Å². The van der Waals surface area contributed by atoms with Crippen LogP contribution >= 0.6 is 24.8 Å². The highest BCUT2D eigenvalue weighted by molar-refractivity contribution is 5.97. The van der Waals surface area contributed by atoms with Crippen LogP contribution in [-0.2, 0) is 15.7 Å². The van der Waals surface area contributed by atoms with Gasteiger partial charge >= 0.3 is 6.18 Å². The summed E-state index contributed by atoms with van der Waals surface area (Å²) in [4.78, 5) is 13.8. The fourth-order valence-corrected chi connectivity index (χ4v) is 2.15. The molecule has 1 heterocycles. The second kappa shape index (κ2) is 9.31. The maximum atomic E-state index is 12.8. The van der Waals surface area contributed by atoms with Gasteiger partial charge in [0.05, 0.1) is 23.5 Å². The minimum atomic E-state index is -4.47. The second-order valence-corrected chi connectivity index (χ2v) is 5.18. The zero-order valence-corrected chi connectivity index (χ0v) is 14.8. The molecule has 1 aromatic carbocycles. The predicted octanol–water partition coefficient (Wildman–Crippen LogP) is 2.54. The first-order valence-electron chi connectivity index (χ1n) is 6.81. The van der Waals surface area contributed by atoms with E-state index in [1.165, 1.54) is 6.07 Å². The van der Waals surface area contributed by atoms with Crippen molar-refractivity contribution in [2.75, 3.05) is 44.0 Å². The summed E-state index contributed by atoms with van der Waals surface area (Å²) in [6, 6.07) is 3.26. The summed E-state index contributed by atoms with van der Waals surface area (Å²) in [7, 11) is 3.38. The molecule has 0 radical (unpaired) electrons. The summed E-state index contributed by atoms with van der Waals surface area (Å²) in [6.07, 6.45) is -5.17. The monoisotopic (exact) mass is 389 g/mol. The van der Waals surface area contributed by atoms with E-state index in [0.29, 0.717) is 25.4 Å². The molecular formula is C14H20Cl2F3N3O2. The van der Waals surface area contributed by atoms with E-state index in [-0.39, 0.29) is 30.5 Å². The number of carbonyl (C=O) groups is 1. The molecule has 2 N–H and O–H groups in total. The van der Waals surface area contributed by atoms with Gasteiger partial charge < -0.3 is 20.3 Å². The number of hydrogen-bond acceptors (Lipinski definition) is 4. The normalized spacial score (nSPS) is 17.3. The van der Waals surface area contributed by atoms with Gasteiger partial charge in [-0.25, -0.2) is 0 Å². The third kappa shape index (κ3) is 5.70. The molecule has 1 aliphatic rings. The van der Waals surface area contributed by atoms with Crippen LogP contribution < -0.4 is 15.5 Å². The largest absolute Gasteiger partial charge is 0.416 e. The summed E-state index contributed by atoms with van der Waals surface area (Å²) in [5.74, 6) is -0.463. The van der Waals surface area contributed by atoms with Gasteiger partial charge in [0.1, 0.15) is 6.10 Å². The Morgan fingerprint density at radius 2 is 2.00 bits per heavy atom. The minimum absolute atomic E-state index is 0. The predicted molar refractivity (Wildman–Crippen MR) is 91.5 cm³/mol. The molecular weight excluding hydrogens is 370 g/mol. The average Bonchev–Trinajstić information content (AvgIpc) is 2.47. The van der Waals surface area contributed by atoms with Gasteiger partial charge in [-0.3, -0.25) is 4.79 Å². The van der Waals surface area contributed by atoms with Crippen LogP contribution in [0, 0.1) is 0 Å². The summed E-state index contributed by atoms with van der Waals surface area (Å²) in [5.41, 5.74) is -0.208. The second-order valence-electron chi connectivity index (χ2n) is 5.18. The lowest BCUT2D eigenvalue weighted by molar-refractivity contribution is -0.137. The zero-order chi connectivity index (χ0) is 16.3. The van der Waals surface area contributed by atoms with Crippen molar-refractivity contribution < 1.29 is 22.7 Å². The third-order valence-corrected chi connectivity index (χ3v) is 3.28. The number of alkyl halides is 3. The van der Waals surface area contributed by atoms with Crippen LogP contribution in [0.3, 0.4) is 0 Å². The molecule has 0 saturated carbocycles. The Balaban J connectivity index is 0.00000264. The van der Waals surface area contributed by atoms with Gasteiger partial charge in [-0.05, 0) is 18.2 Å². The Kier molecular flexibility index (Phi) is 8.84. The van der Waals surface area contributed by atoms with E-state index < -0.39 is 23.8 Å². The molecule has 0 aromatic heterocycles. The van der Waals surface area contributed by atoms with Gasteiger partial charge in [-0.1, -0.05) is 0 Å². The number of amides is 1. The van der Waals surface area contributed by atoms with E-state index in [9.17, 15) is 18.0 Å². The molecule has 5 nitrogen and oxygen atoms in total. The number of anilines is 2. The van der Waals surface area contributed by atoms with Crippen molar-refractivity contribution >= 4 is 42.1 Å². The average molecular weight is 390 g/mol. The molecule has 1 atom stereocenters. The summed E-state index contributed by atoms with van der Waals surface area (Å²) in [6.45, 7) is 1.37. The van der Waals surface area contributed by atoms with Crippen LogP contribution in [0.4, 0.5) is 24.5 Å². The van der Waals surface area contributed by atoms with E-state index >= 15 is 0 Å². The summed E-state index contributed by atoms with van der Waals surface area (Å²) in [5, 5.41) is 5.53. The van der Waals surface area contributed by atoms with Gasteiger partial charge in [0.15, 0.2) is 0 Å². The maximum Gasteiger partial charge on any atom is 0.416 e. The SMILES string of the molecule is CN(C)c1ccc(C(F)(F)F)cc1NC(=O)C1CNCCO1.Cl.Cl. The fourth-order valence-electron chi connectivity index (χ4n) is 2.15. The topological polar surface area (TPSA) is 53.6 Å². The maximum absolute atomic E-state index is 12.8. The molecule has 1 unspecified atom stereocenters. The van der Waals surface area contributed by atoms with Gasteiger partial charge in [0.2, 0.25) is 0 Å². The highest BCUT2D eigenvalue weighted by atomic mass is 35.5. The first-order valence-corrected chi connectivity index (χ1v) is 6.81. The number of carbonyl (C=O) groups excluding carboxylic acids is 1. The van der Waals surface area contributed by atoms with Crippen molar-refractivity contribution in [2.45, 2.75) is 12.3 Å². The van der Waals surface area contributed by atoms with Crippen LogP contribution in [0.25, 0.3) is 0 Å². The number of nitrogens with one attached hydrogen (secondary N) is 2. The van der Waals surface area contributed by atoms with Crippen molar-refractivity contribution in [1.82, 2.24) is 5.32 Å². The van der Waals surface area contributed by atoms with E-state index in [0.717, 1.165) is 12.1 Å². The lowest BCUT2D eigenvalue weighted by atomic mass is 10.1. The molecule has 138 valence electrons. The van der Waals surface area contributed by atoms with Gasteiger partial charge in [0.25, 0.3) is 5.91 Å². The fraction of sp³-hybridized carbons (Fsp3) is 0.500. The molecule has 0 spiro atoms. The lowest BCUT2D eigenvalue weighted by Crippen LogP contribution is -2.45. The molecule has 1 aliphatic heterocycles. The minimum Gasteiger partial charge on any atom is -0.376 e.